The second kappa shape index (κ2) is 7.50. The van der Waals surface area contributed by atoms with Crippen LogP contribution in [-0.2, 0) is 16.0 Å². The molecule has 134 valence electrons. The lowest BCUT2D eigenvalue weighted by molar-refractivity contribution is -0.119. The van der Waals surface area contributed by atoms with E-state index in [0.717, 1.165) is 23.3 Å². The number of carbonyl (C=O) groups is 2. The molecule has 1 heterocycles. The lowest BCUT2D eigenvalue weighted by Crippen LogP contribution is -2.31. The normalized spacial score (nSPS) is 14.5. The quantitative estimate of drug-likeness (QED) is 0.707. The summed E-state index contributed by atoms with van der Waals surface area (Å²) in [5.41, 5.74) is 5.42. The van der Waals surface area contributed by atoms with Crippen LogP contribution in [0.2, 0.25) is 0 Å². The number of hydrogen-bond acceptors (Lipinski definition) is 3. The molecule has 0 aliphatic carbocycles. The summed E-state index contributed by atoms with van der Waals surface area (Å²) < 4.78 is 0. The first-order valence-electron chi connectivity index (χ1n) is 8.90. The molecule has 0 radical (unpaired) electrons. The molecule has 0 fully saturated rings. The predicted octanol–water partition coefficient (Wildman–Crippen LogP) is 4.90. The minimum absolute atomic E-state index is 0.223. The molecule has 2 amide bonds. The third kappa shape index (κ3) is 3.21. The molecule has 3 nitrogen and oxygen atoms in total. The molecule has 0 aromatic heterocycles. The van der Waals surface area contributed by atoms with Crippen LogP contribution >= 0.6 is 11.8 Å². The molecule has 0 bridgehead atoms. The minimum atomic E-state index is -0.238. The molecule has 0 spiro atoms. The van der Waals surface area contributed by atoms with Crippen molar-refractivity contribution in [3.8, 4) is 0 Å². The number of anilines is 1. The number of rotatable bonds is 5. The molecule has 0 saturated carbocycles. The van der Waals surface area contributed by atoms with Gasteiger partial charge >= 0.3 is 0 Å². The lowest BCUT2D eigenvalue weighted by atomic mass is 10.0. The second-order valence-corrected chi connectivity index (χ2v) is 7.68. The number of aryl methyl sites for hydroxylation is 3. The maximum atomic E-state index is 13.2. The van der Waals surface area contributed by atoms with E-state index in [0.29, 0.717) is 16.2 Å². The Morgan fingerprint density at radius 2 is 1.58 bits per heavy atom. The van der Waals surface area contributed by atoms with Gasteiger partial charge in [-0.1, -0.05) is 44.2 Å². The van der Waals surface area contributed by atoms with Crippen molar-refractivity contribution in [3.05, 3.63) is 69.6 Å². The van der Waals surface area contributed by atoms with Crippen LogP contribution in [0.1, 0.15) is 36.1 Å². The number of imide groups is 1. The molecular formula is C22H23NO2S. The maximum Gasteiger partial charge on any atom is 0.272 e. The Labute approximate surface area is 159 Å². The van der Waals surface area contributed by atoms with Crippen LogP contribution in [0.4, 0.5) is 5.69 Å². The number of amides is 2. The molecule has 3 rings (SSSR count). The lowest BCUT2D eigenvalue weighted by Gasteiger charge is -2.15. The summed E-state index contributed by atoms with van der Waals surface area (Å²) >= 11 is 1.44. The van der Waals surface area contributed by atoms with Crippen LogP contribution in [0.5, 0.6) is 0 Å². The van der Waals surface area contributed by atoms with Crippen LogP contribution in [0.15, 0.2) is 47.4 Å². The van der Waals surface area contributed by atoms with Crippen LogP contribution in [0, 0.1) is 13.8 Å². The predicted molar refractivity (Wildman–Crippen MR) is 109 cm³/mol. The molecule has 26 heavy (non-hydrogen) atoms. The van der Waals surface area contributed by atoms with E-state index in [1.54, 1.807) is 0 Å². The monoisotopic (exact) mass is 365 g/mol. The van der Waals surface area contributed by atoms with Gasteiger partial charge < -0.3 is 0 Å². The van der Waals surface area contributed by atoms with E-state index >= 15 is 0 Å². The smallest absolute Gasteiger partial charge is 0.268 e. The van der Waals surface area contributed by atoms with Gasteiger partial charge in [0.2, 0.25) is 0 Å². The minimum Gasteiger partial charge on any atom is -0.268 e. The van der Waals surface area contributed by atoms with E-state index in [2.05, 4.69) is 6.92 Å². The van der Waals surface area contributed by atoms with E-state index in [-0.39, 0.29) is 11.8 Å². The largest absolute Gasteiger partial charge is 0.272 e. The first-order valence-corrected chi connectivity index (χ1v) is 9.88. The van der Waals surface area contributed by atoms with E-state index in [1.165, 1.54) is 27.8 Å². The second-order valence-electron chi connectivity index (χ2n) is 6.40. The molecule has 1 aliphatic rings. The van der Waals surface area contributed by atoms with E-state index in [1.807, 2.05) is 63.2 Å². The molecular weight excluding hydrogens is 342 g/mol. The summed E-state index contributed by atoms with van der Waals surface area (Å²) in [5.74, 6) is 0.281. The first-order chi connectivity index (χ1) is 12.5. The third-order valence-electron chi connectivity index (χ3n) is 4.73. The van der Waals surface area contributed by atoms with Crippen LogP contribution < -0.4 is 4.90 Å². The number of thioether (sulfide) groups is 1. The van der Waals surface area contributed by atoms with Gasteiger partial charge in [-0.25, -0.2) is 4.90 Å². The standard InChI is InChI=1S/C22H23NO2S/c1-5-16-8-11-18(12-9-16)23-21(24)19(20(22(23)25)26-6-2)17-10-7-14(3)15(4)13-17/h7-13H,5-6H2,1-4H3. The summed E-state index contributed by atoms with van der Waals surface area (Å²) in [6.45, 7) is 8.13. The van der Waals surface area contributed by atoms with Crippen molar-refractivity contribution in [2.75, 3.05) is 10.7 Å². The van der Waals surface area contributed by atoms with E-state index < -0.39 is 0 Å². The number of carbonyl (C=O) groups excluding carboxylic acids is 2. The van der Waals surface area contributed by atoms with Crippen molar-refractivity contribution in [3.63, 3.8) is 0 Å². The van der Waals surface area contributed by atoms with Gasteiger partial charge in [-0.15, -0.1) is 11.8 Å². The number of hydrogen-bond donors (Lipinski definition) is 0. The van der Waals surface area contributed by atoms with Crippen molar-refractivity contribution in [2.45, 2.75) is 34.1 Å². The molecule has 2 aromatic carbocycles. The van der Waals surface area contributed by atoms with Gasteiger partial charge in [-0.05, 0) is 60.4 Å². The summed E-state index contributed by atoms with van der Waals surface area (Å²) in [5, 5.41) is 0. The fraction of sp³-hybridized carbons (Fsp3) is 0.273. The first kappa shape index (κ1) is 18.5. The highest BCUT2D eigenvalue weighted by Crippen LogP contribution is 2.38. The Kier molecular flexibility index (Phi) is 5.33. The molecule has 1 aliphatic heterocycles. The zero-order valence-corrected chi connectivity index (χ0v) is 16.4. The molecule has 0 atom stereocenters. The number of nitrogens with zero attached hydrogens (tertiary/aromatic N) is 1. The SMILES string of the molecule is CCSC1=C(c2ccc(C)c(C)c2)C(=O)N(c2ccc(CC)cc2)C1=O. The Morgan fingerprint density at radius 1 is 0.885 bits per heavy atom. The summed E-state index contributed by atoms with van der Waals surface area (Å²) in [7, 11) is 0. The molecule has 2 aromatic rings. The topological polar surface area (TPSA) is 37.4 Å². The van der Waals surface area contributed by atoms with Gasteiger partial charge in [0, 0.05) is 0 Å². The van der Waals surface area contributed by atoms with Gasteiger partial charge in [0.05, 0.1) is 16.2 Å². The molecule has 4 heteroatoms. The molecule has 0 unspecified atom stereocenters. The summed E-state index contributed by atoms with van der Waals surface area (Å²) in [6.07, 6.45) is 0.922. The van der Waals surface area contributed by atoms with Crippen LogP contribution in [0.3, 0.4) is 0 Å². The van der Waals surface area contributed by atoms with Crippen molar-refractivity contribution in [1.82, 2.24) is 0 Å². The third-order valence-corrected chi connectivity index (χ3v) is 5.68. The highest BCUT2D eigenvalue weighted by Gasteiger charge is 2.39. The van der Waals surface area contributed by atoms with Crippen LogP contribution in [0.25, 0.3) is 5.57 Å². The zero-order valence-electron chi connectivity index (χ0n) is 15.6. The average molecular weight is 365 g/mol. The maximum absolute atomic E-state index is 13.2. The van der Waals surface area contributed by atoms with Gasteiger partial charge in [0.15, 0.2) is 0 Å². The van der Waals surface area contributed by atoms with Crippen molar-refractivity contribution in [1.29, 1.82) is 0 Å². The zero-order chi connectivity index (χ0) is 18.8. The Morgan fingerprint density at radius 3 is 2.15 bits per heavy atom. The van der Waals surface area contributed by atoms with Gasteiger partial charge in [-0.3, -0.25) is 9.59 Å². The van der Waals surface area contributed by atoms with Gasteiger partial charge in [0.25, 0.3) is 11.8 Å². The van der Waals surface area contributed by atoms with Gasteiger partial charge in [-0.2, -0.15) is 0 Å². The Balaban J connectivity index is 2.07. The van der Waals surface area contributed by atoms with Crippen molar-refractivity contribution < 1.29 is 9.59 Å². The Bertz CT molecular complexity index is 897. The van der Waals surface area contributed by atoms with Crippen LogP contribution in [-0.4, -0.2) is 17.6 Å². The fourth-order valence-electron chi connectivity index (χ4n) is 3.05. The average Bonchev–Trinajstić information content (AvgIpc) is 2.88. The van der Waals surface area contributed by atoms with Crippen molar-refractivity contribution in [2.24, 2.45) is 0 Å². The number of benzene rings is 2. The van der Waals surface area contributed by atoms with Gasteiger partial charge in [0.1, 0.15) is 0 Å². The van der Waals surface area contributed by atoms with E-state index in [9.17, 15) is 9.59 Å². The van der Waals surface area contributed by atoms with Crippen molar-refractivity contribution >= 4 is 34.8 Å². The van der Waals surface area contributed by atoms with E-state index in [4.69, 9.17) is 0 Å². The highest BCUT2D eigenvalue weighted by molar-refractivity contribution is 8.04. The summed E-state index contributed by atoms with van der Waals surface area (Å²) in [4.78, 5) is 28.1. The molecule has 0 saturated heterocycles. The summed E-state index contributed by atoms with van der Waals surface area (Å²) in [6, 6.07) is 13.6. The fourth-order valence-corrected chi connectivity index (χ4v) is 3.91. The molecule has 0 N–H and O–H groups in total. The Hall–Kier alpha value is -2.33. The highest BCUT2D eigenvalue weighted by atomic mass is 32.2.